The van der Waals surface area contributed by atoms with Gasteiger partial charge in [0.1, 0.15) is 5.76 Å². The van der Waals surface area contributed by atoms with E-state index in [1.54, 1.807) is 36.6 Å². The number of morpholine rings is 1. The lowest BCUT2D eigenvalue weighted by Crippen LogP contribution is -2.40. The van der Waals surface area contributed by atoms with Crippen molar-refractivity contribution in [3.63, 3.8) is 0 Å². The molecule has 0 atom stereocenters. The van der Waals surface area contributed by atoms with E-state index in [0.29, 0.717) is 45.7 Å². The molecule has 2 aromatic rings. The van der Waals surface area contributed by atoms with Crippen LogP contribution in [-0.4, -0.2) is 44.9 Å². The highest BCUT2D eigenvalue weighted by Crippen LogP contribution is 2.17. The molecule has 1 fully saturated rings. The molecule has 140 valence electrons. The molecular weight excluding hydrogens is 356 g/mol. The van der Waals surface area contributed by atoms with Gasteiger partial charge < -0.3 is 14.5 Å². The fraction of sp³-hybridized carbons (Fsp3) is 0.389. The van der Waals surface area contributed by atoms with E-state index in [0.717, 1.165) is 11.3 Å². The second-order valence-corrected chi connectivity index (χ2v) is 7.95. The number of hydrogen-bond donors (Lipinski definition) is 1. The van der Waals surface area contributed by atoms with Crippen LogP contribution in [0.15, 0.2) is 52.0 Å². The summed E-state index contributed by atoms with van der Waals surface area (Å²) in [5.41, 5.74) is 0.845. The van der Waals surface area contributed by atoms with Crippen molar-refractivity contribution in [1.29, 1.82) is 0 Å². The minimum Gasteiger partial charge on any atom is -0.469 e. The minimum absolute atomic E-state index is 0.0774. The monoisotopic (exact) mass is 378 g/mol. The Kier molecular flexibility index (Phi) is 6.08. The number of hydrogen-bond acceptors (Lipinski definition) is 5. The largest absolute Gasteiger partial charge is 0.469 e. The molecule has 1 N–H and O–H groups in total. The lowest BCUT2D eigenvalue weighted by Gasteiger charge is -2.26. The molecule has 2 heterocycles. The Hall–Kier alpha value is -2.16. The number of rotatable bonds is 7. The van der Waals surface area contributed by atoms with E-state index in [1.165, 1.54) is 4.31 Å². The van der Waals surface area contributed by atoms with Gasteiger partial charge in [0.2, 0.25) is 15.9 Å². The van der Waals surface area contributed by atoms with Gasteiger partial charge in [0.25, 0.3) is 0 Å². The van der Waals surface area contributed by atoms with E-state index in [1.807, 2.05) is 6.07 Å². The summed E-state index contributed by atoms with van der Waals surface area (Å²) >= 11 is 0. The lowest BCUT2D eigenvalue weighted by molar-refractivity contribution is -0.121. The first kappa shape index (κ1) is 18.6. The molecule has 8 heteroatoms. The van der Waals surface area contributed by atoms with E-state index in [2.05, 4.69) is 5.32 Å². The Morgan fingerprint density at radius 1 is 1.12 bits per heavy atom. The Labute approximate surface area is 153 Å². The van der Waals surface area contributed by atoms with E-state index in [-0.39, 0.29) is 10.8 Å². The minimum atomic E-state index is -3.49. The van der Waals surface area contributed by atoms with Gasteiger partial charge in [-0.25, -0.2) is 8.42 Å². The predicted molar refractivity (Wildman–Crippen MR) is 94.9 cm³/mol. The zero-order valence-corrected chi connectivity index (χ0v) is 15.2. The van der Waals surface area contributed by atoms with Gasteiger partial charge in [0.15, 0.2) is 0 Å². The fourth-order valence-electron chi connectivity index (χ4n) is 2.70. The van der Waals surface area contributed by atoms with Crippen molar-refractivity contribution in [2.45, 2.75) is 24.3 Å². The second-order valence-electron chi connectivity index (χ2n) is 6.02. The Morgan fingerprint density at radius 3 is 2.50 bits per heavy atom. The van der Waals surface area contributed by atoms with Gasteiger partial charge in [0, 0.05) is 32.5 Å². The molecule has 3 rings (SSSR count). The molecule has 0 unspecified atom stereocenters. The molecule has 0 bridgehead atoms. The van der Waals surface area contributed by atoms with Crippen LogP contribution < -0.4 is 5.32 Å². The molecule has 7 nitrogen and oxygen atoms in total. The van der Waals surface area contributed by atoms with Gasteiger partial charge in [-0.15, -0.1) is 0 Å². The van der Waals surface area contributed by atoms with Crippen molar-refractivity contribution in [1.82, 2.24) is 9.62 Å². The molecule has 0 saturated carbocycles. The molecule has 1 amide bonds. The van der Waals surface area contributed by atoms with E-state index in [9.17, 15) is 13.2 Å². The van der Waals surface area contributed by atoms with Gasteiger partial charge in [-0.1, -0.05) is 12.1 Å². The Morgan fingerprint density at radius 2 is 1.85 bits per heavy atom. The third kappa shape index (κ3) is 4.72. The summed E-state index contributed by atoms with van der Waals surface area (Å²) in [7, 11) is -3.49. The Bertz CT molecular complexity index is 810. The molecule has 1 saturated heterocycles. The number of carbonyl (C=O) groups is 1. The van der Waals surface area contributed by atoms with E-state index in [4.69, 9.17) is 9.15 Å². The zero-order valence-electron chi connectivity index (χ0n) is 14.4. The molecule has 0 aliphatic carbocycles. The van der Waals surface area contributed by atoms with Gasteiger partial charge >= 0.3 is 0 Å². The average molecular weight is 378 g/mol. The summed E-state index contributed by atoms with van der Waals surface area (Å²) < 4.78 is 36.9. The molecule has 1 aromatic heterocycles. The van der Waals surface area contributed by atoms with Gasteiger partial charge in [-0.05, 0) is 29.8 Å². The first-order valence-corrected chi connectivity index (χ1v) is 9.95. The normalized spacial score (nSPS) is 15.7. The predicted octanol–water partition coefficient (Wildman–Crippen LogP) is 1.55. The molecule has 1 aliphatic heterocycles. The number of furan rings is 1. The van der Waals surface area contributed by atoms with Crippen LogP contribution >= 0.6 is 0 Å². The number of carbonyl (C=O) groups excluding carboxylic acids is 1. The quantitative estimate of drug-likeness (QED) is 0.790. The number of aryl methyl sites for hydroxylation is 1. The molecule has 0 spiro atoms. The maximum Gasteiger partial charge on any atom is 0.243 e. The van der Waals surface area contributed by atoms with Crippen LogP contribution in [0.4, 0.5) is 0 Å². The smallest absolute Gasteiger partial charge is 0.243 e. The lowest BCUT2D eigenvalue weighted by atomic mass is 10.2. The molecule has 26 heavy (non-hydrogen) atoms. The van der Waals surface area contributed by atoms with Crippen LogP contribution in [0.3, 0.4) is 0 Å². The number of ether oxygens (including phenoxy) is 1. The summed E-state index contributed by atoms with van der Waals surface area (Å²) in [5.74, 6) is 0.698. The SMILES string of the molecule is O=C(CCc1ccco1)NCc1ccc(S(=O)(=O)N2CCOCC2)cc1. The number of nitrogens with one attached hydrogen (secondary N) is 1. The summed E-state index contributed by atoms with van der Waals surface area (Å²) in [6.07, 6.45) is 2.48. The van der Waals surface area contributed by atoms with Crippen LogP contribution in [0.2, 0.25) is 0 Å². The number of benzene rings is 1. The molecule has 1 aromatic carbocycles. The highest BCUT2D eigenvalue weighted by Gasteiger charge is 2.26. The van der Waals surface area contributed by atoms with Crippen LogP contribution in [0.5, 0.6) is 0 Å². The maximum atomic E-state index is 12.6. The third-order valence-electron chi connectivity index (χ3n) is 4.20. The van der Waals surface area contributed by atoms with Crippen molar-refractivity contribution in [2.24, 2.45) is 0 Å². The van der Waals surface area contributed by atoms with Gasteiger partial charge in [-0.2, -0.15) is 4.31 Å². The summed E-state index contributed by atoms with van der Waals surface area (Å²) in [4.78, 5) is 12.1. The van der Waals surface area contributed by atoms with Crippen LogP contribution in [0.25, 0.3) is 0 Å². The first-order chi connectivity index (χ1) is 12.6. The summed E-state index contributed by atoms with van der Waals surface area (Å²) in [6.45, 7) is 1.93. The molecule has 1 aliphatic rings. The van der Waals surface area contributed by atoms with Crippen LogP contribution in [-0.2, 0) is 32.5 Å². The maximum absolute atomic E-state index is 12.6. The topological polar surface area (TPSA) is 88.8 Å². The van der Waals surface area contributed by atoms with Gasteiger partial charge in [0.05, 0.1) is 24.4 Å². The van der Waals surface area contributed by atoms with Crippen molar-refractivity contribution in [3.8, 4) is 0 Å². The van der Waals surface area contributed by atoms with Gasteiger partial charge in [-0.3, -0.25) is 4.79 Å². The molecular formula is C18H22N2O5S. The van der Waals surface area contributed by atoms with Crippen molar-refractivity contribution >= 4 is 15.9 Å². The zero-order chi connectivity index (χ0) is 18.4. The van der Waals surface area contributed by atoms with Crippen LogP contribution in [0, 0.1) is 0 Å². The number of nitrogens with zero attached hydrogens (tertiary/aromatic N) is 1. The van der Waals surface area contributed by atoms with E-state index < -0.39 is 10.0 Å². The summed E-state index contributed by atoms with van der Waals surface area (Å²) in [5, 5.41) is 2.83. The van der Waals surface area contributed by atoms with Crippen molar-refractivity contribution in [2.75, 3.05) is 26.3 Å². The van der Waals surface area contributed by atoms with Crippen molar-refractivity contribution in [3.05, 3.63) is 54.0 Å². The third-order valence-corrected chi connectivity index (χ3v) is 6.11. The number of amides is 1. The Balaban J connectivity index is 1.51. The molecule has 0 radical (unpaired) electrons. The highest BCUT2D eigenvalue weighted by atomic mass is 32.2. The van der Waals surface area contributed by atoms with Crippen LogP contribution in [0.1, 0.15) is 17.7 Å². The standard InChI is InChI=1S/C18H22N2O5S/c21-18(8-5-16-2-1-11-25-16)19-14-15-3-6-17(7-4-15)26(22,23)20-9-12-24-13-10-20/h1-4,6-7,11H,5,8-10,12-14H2,(H,19,21). The summed E-state index contributed by atoms with van der Waals surface area (Å²) in [6, 6.07) is 10.2. The number of sulfonamides is 1. The highest BCUT2D eigenvalue weighted by molar-refractivity contribution is 7.89. The first-order valence-electron chi connectivity index (χ1n) is 8.51. The average Bonchev–Trinajstić information content (AvgIpc) is 3.19. The van der Waals surface area contributed by atoms with Crippen molar-refractivity contribution < 1.29 is 22.4 Å². The van der Waals surface area contributed by atoms with E-state index >= 15 is 0 Å². The second kappa shape index (κ2) is 8.48. The fourth-order valence-corrected chi connectivity index (χ4v) is 4.10.